The lowest BCUT2D eigenvalue weighted by Gasteiger charge is -2.27. The largest absolute Gasteiger partial charge is 0.389 e. The van der Waals surface area contributed by atoms with E-state index in [1.165, 1.54) is 12.1 Å². The summed E-state index contributed by atoms with van der Waals surface area (Å²) in [5.74, 6) is -1.20. The molecule has 0 aromatic heterocycles. The van der Waals surface area contributed by atoms with Gasteiger partial charge in [-0.2, -0.15) is 0 Å². The van der Waals surface area contributed by atoms with E-state index in [1.54, 1.807) is 0 Å². The molecule has 0 spiro atoms. The van der Waals surface area contributed by atoms with Crippen LogP contribution in [-0.4, -0.2) is 35.7 Å². The highest BCUT2D eigenvalue weighted by molar-refractivity contribution is 9.10. The van der Waals surface area contributed by atoms with Gasteiger partial charge in [-0.05, 0) is 60.9 Å². The molecule has 2 nitrogen and oxygen atoms in total. The molecule has 0 radical (unpaired) electrons. The van der Waals surface area contributed by atoms with Crippen LogP contribution in [0.4, 0.5) is 8.78 Å². The molecule has 1 saturated heterocycles. The smallest absolute Gasteiger partial charge is 0.143 e. The van der Waals surface area contributed by atoms with Crippen LogP contribution >= 0.6 is 15.9 Å². The molecule has 1 fully saturated rings. The molecule has 106 valence electrons. The Hall–Kier alpha value is -0.520. The van der Waals surface area contributed by atoms with Crippen LogP contribution in [0.15, 0.2) is 16.6 Å². The fourth-order valence-corrected chi connectivity index (χ4v) is 2.92. The van der Waals surface area contributed by atoms with Crippen molar-refractivity contribution in [1.29, 1.82) is 0 Å². The zero-order valence-corrected chi connectivity index (χ0v) is 12.5. The molecule has 0 saturated carbocycles. The normalized spacial score (nSPS) is 25.3. The van der Waals surface area contributed by atoms with E-state index in [0.29, 0.717) is 12.8 Å². The van der Waals surface area contributed by atoms with E-state index in [0.717, 1.165) is 19.5 Å². The number of rotatable bonds is 2. The number of aliphatic hydroxyl groups is 1. The van der Waals surface area contributed by atoms with Crippen LogP contribution in [0, 0.1) is 11.6 Å². The first-order valence-corrected chi connectivity index (χ1v) is 7.24. The summed E-state index contributed by atoms with van der Waals surface area (Å²) in [6.07, 6.45) is 1.97. The maximum atomic E-state index is 14.0. The first kappa shape index (κ1) is 14.9. The lowest BCUT2D eigenvalue weighted by atomic mass is 9.87. The number of halogens is 3. The second-order valence-corrected chi connectivity index (χ2v) is 6.23. The topological polar surface area (TPSA) is 23.5 Å². The molecule has 1 unspecified atom stereocenters. The second kappa shape index (κ2) is 5.85. The van der Waals surface area contributed by atoms with Gasteiger partial charge in [0.1, 0.15) is 11.6 Å². The van der Waals surface area contributed by atoms with Gasteiger partial charge >= 0.3 is 0 Å². The van der Waals surface area contributed by atoms with Crippen molar-refractivity contribution in [3.8, 4) is 0 Å². The number of hydrogen-bond acceptors (Lipinski definition) is 2. The van der Waals surface area contributed by atoms with Crippen LogP contribution in [0.25, 0.3) is 0 Å². The molecule has 2 rings (SSSR count). The van der Waals surface area contributed by atoms with Gasteiger partial charge in [0, 0.05) is 18.5 Å². The number of benzene rings is 1. The molecule has 0 bridgehead atoms. The Morgan fingerprint density at radius 3 is 2.79 bits per heavy atom. The first-order chi connectivity index (χ1) is 8.91. The monoisotopic (exact) mass is 333 g/mol. The van der Waals surface area contributed by atoms with Crippen molar-refractivity contribution in [1.82, 2.24) is 4.90 Å². The predicted molar refractivity (Wildman–Crippen MR) is 74.1 cm³/mol. The number of nitrogens with zero attached hydrogens (tertiary/aromatic N) is 1. The van der Waals surface area contributed by atoms with E-state index in [4.69, 9.17) is 0 Å². The maximum Gasteiger partial charge on any atom is 0.143 e. The third-order valence-electron chi connectivity index (χ3n) is 3.79. The Balaban J connectivity index is 2.22. The van der Waals surface area contributed by atoms with E-state index < -0.39 is 17.2 Å². The summed E-state index contributed by atoms with van der Waals surface area (Å²) < 4.78 is 27.9. The Kier molecular flexibility index (Phi) is 4.58. The van der Waals surface area contributed by atoms with E-state index >= 15 is 0 Å². The Bertz CT molecular complexity index is 469. The Labute approximate surface area is 120 Å². The van der Waals surface area contributed by atoms with Gasteiger partial charge in [0.15, 0.2) is 0 Å². The van der Waals surface area contributed by atoms with Crippen LogP contribution in [0.2, 0.25) is 0 Å². The summed E-state index contributed by atoms with van der Waals surface area (Å²) in [5, 5.41) is 10.6. The van der Waals surface area contributed by atoms with Gasteiger partial charge in [-0.1, -0.05) is 0 Å². The van der Waals surface area contributed by atoms with E-state index in [1.807, 2.05) is 7.05 Å². The van der Waals surface area contributed by atoms with Crippen LogP contribution in [-0.2, 0) is 6.42 Å². The van der Waals surface area contributed by atoms with Crippen LogP contribution in [0.1, 0.15) is 24.8 Å². The van der Waals surface area contributed by atoms with Gasteiger partial charge in [-0.15, -0.1) is 0 Å². The molecule has 19 heavy (non-hydrogen) atoms. The van der Waals surface area contributed by atoms with E-state index in [9.17, 15) is 13.9 Å². The van der Waals surface area contributed by atoms with Gasteiger partial charge in [0.2, 0.25) is 0 Å². The second-order valence-electron chi connectivity index (χ2n) is 5.38. The van der Waals surface area contributed by atoms with Gasteiger partial charge in [-0.25, -0.2) is 8.78 Å². The van der Waals surface area contributed by atoms with E-state index in [-0.39, 0.29) is 16.5 Å². The zero-order chi connectivity index (χ0) is 14.0. The highest BCUT2D eigenvalue weighted by atomic mass is 79.9. The lowest BCUT2D eigenvalue weighted by molar-refractivity contribution is 0.0246. The van der Waals surface area contributed by atoms with Gasteiger partial charge in [0.05, 0.1) is 10.1 Å². The van der Waals surface area contributed by atoms with Gasteiger partial charge in [0.25, 0.3) is 0 Å². The summed E-state index contributed by atoms with van der Waals surface area (Å²) in [5.41, 5.74) is -1.05. The summed E-state index contributed by atoms with van der Waals surface area (Å²) in [4.78, 5) is 2.13. The highest BCUT2D eigenvalue weighted by Gasteiger charge is 2.32. The molecule has 0 amide bonds. The van der Waals surface area contributed by atoms with Crippen LogP contribution in [0.5, 0.6) is 0 Å². The summed E-state index contributed by atoms with van der Waals surface area (Å²) >= 11 is 3.06. The number of hydrogen-bond donors (Lipinski definition) is 1. The molecule has 1 atom stereocenters. The summed E-state index contributed by atoms with van der Waals surface area (Å²) in [6.45, 7) is 1.65. The Morgan fingerprint density at radius 1 is 1.32 bits per heavy atom. The summed E-state index contributed by atoms with van der Waals surface area (Å²) in [7, 11) is 1.99. The third-order valence-corrected chi connectivity index (χ3v) is 4.40. The molecular weight excluding hydrogens is 316 g/mol. The molecular formula is C14H18BrF2NO. The van der Waals surface area contributed by atoms with Crippen molar-refractivity contribution < 1.29 is 13.9 Å². The highest BCUT2D eigenvalue weighted by Crippen LogP contribution is 2.30. The average molecular weight is 334 g/mol. The van der Waals surface area contributed by atoms with Crippen LogP contribution < -0.4 is 0 Å². The average Bonchev–Trinajstić information content (AvgIpc) is 2.53. The minimum Gasteiger partial charge on any atom is -0.389 e. The molecule has 1 aliphatic rings. The van der Waals surface area contributed by atoms with Crippen molar-refractivity contribution in [2.24, 2.45) is 0 Å². The van der Waals surface area contributed by atoms with E-state index in [2.05, 4.69) is 20.8 Å². The van der Waals surface area contributed by atoms with Crippen molar-refractivity contribution in [2.45, 2.75) is 31.3 Å². The molecule has 5 heteroatoms. The Morgan fingerprint density at radius 2 is 2.05 bits per heavy atom. The van der Waals surface area contributed by atoms with Crippen molar-refractivity contribution in [3.63, 3.8) is 0 Å². The standard InChI is InChI=1S/C14H18BrF2NO/c1-18-7-2-5-14(19,6-8-18)9-10-12(16)4-3-11(15)13(10)17/h3-4,19H,2,5-9H2,1H3. The minimum absolute atomic E-state index is 0.0257. The molecule has 1 aromatic rings. The third kappa shape index (κ3) is 3.52. The number of likely N-dealkylation sites (tertiary alicyclic amines) is 1. The minimum atomic E-state index is -1.02. The lowest BCUT2D eigenvalue weighted by Crippen LogP contribution is -2.33. The fraction of sp³-hybridized carbons (Fsp3) is 0.571. The zero-order valence-electron chi connectivity index (χ0n) is 10.9. The molecule has 1 N–H and O–H groups in total. The summed E-state index contributed by atoms with van der Waals surface area (Å²) in [6, 6.07) is 2.58. The SMILES string of the molecule is CN1CCCC(O)(Cc2c(F)ccc(Br)c2F)CC1. The predicted octanol–water partition coefficient (Wildman–Crippen LogP) is 3.12. The molecule has 1 heterocycles. The molecule has 1 aromatic carbocycles. The quantitative estimate of drug-likeness (QED) is 0.840. The first-order valence-electron chi connectivity index (χ1n) is 6.45. The molecule has 0 aliphatic carbocycles. The van der Waals surface area contributed by atoms with Crippen LogP contribution in [0.3, 0.4) is 0 Å². The van der Waals surface area contributed by atoms with Gasteiger partial charge < -0.3 is 10.0 Å². The fourth-order valence-electron chi connectivity index (χ4n) is 2.55. The van der Waals surface area contributed by atoms with Crippen molar-refractivity contribution >= 4 is 15.9 Å². The van der Waals surface area contributed by atoms with Crippen molar-refractivity contribution in [3.05, 3.63) is 33.8 Å². The van der Waals surface area contributed by atoms with Crippen molar-refractivity contribution in [2.75, 3.05) is 20.1 Å². The van der Waals surface area contributed by atoms with Gasteiger partial charge in [-0.3, -0.25) is 0 Å². The molecule has 1 aliphatic heterocycles. The maximum absolute atomic E-state index is 14.0.